The lowest BCUT2D eigenvalue weighted by atomic mass is 10.0. The van der Waals surface area contributed by atoms with Crippen LogP contribution in [0.25, 0.3) is 0 Å². The van der Waals surface area contributed by atoms with Gasteiger partial charge in [0.15, 0.2) is 0 Å². The number of rotatable bonds is 10. The number of aryl methyl sites for hydroxylation is 1. The number of amides is 2. The summed E-state index contributed by atoms with van der Waals surface area (Å²) in [5.74, 6) is -0.328. The summed E-state index contributed by atoms with van der Waals surface area (Å²) in [6.45, 7) is 4.90. The summed E-state index contributed by atoms with van der Waals surface area (Å²) in [4.78, 5) is 28.7. The second kappa shape index (κ2) is 12.6. The minimum Gasteiger partial charge on any atom is -0.354 e. The standard InChI is InChI=1S/C28H30Cl2N2O2/c1-3-15-31-28(34)26(16-21-7-5-4-6-8-21)32(19-22-11-9-20(2)10-12-22)27(33)17-23-13-14-24(29)18-25(23)30/h4-14,18,26H,3,15-17,19H2,1-2H3,(H,31,34). The van der Waals surface area contributed by atoms with Crippen molar-refractivity contribution < 1.29 is 9.59 Å². The van der Waals surface area contributed by atoms with Crippen LogP contribution in [0.2, 0.25) is 10.0 Å². The highest BCUT2D eigenvalue weighted by Gasteiger charge is 2.30. The monoisotopic (exact) mass is 496 g/mol. The molecule has 34 heavy (non-hydrogen) atoms. The Morgan fingerprint density at radius 3 is 2.29 bits per heavy atom. The van der Waals surface area contributed by atoms with E-state index in [1.807, 2.05) is 68.4 Å². The molecule has 0 saturated carbocycles. The van der Waals surface area contributed by atoms with Crippen molar-refractivity contribution in [2.24, 2.45) is 0 Å². The van der Waals surface area contributed by atoms with E-state index < -0.39 is 6.04 Å². The number of carbonyl (C=O) groups excluding carboxylic acids is 2. The summed E-state index contributed by atoms with van der Waals surface area (Å²) in [6, 6.07) is 22.2. The predicted octanol–water partition coefficient (Wildman–Crippen LogP) is 6.01. The summed E-state index contributed by atoms with van der Waals surface area (Å²) >= 11 is 12.4. The van der Waals surface area contributed by atoms with Crippen LogP contribution in [0.3, 0.4) is 0 Å². The van der Waals surface area contributed by atoms with E-state index in [4.69, 9.17) is 23.2 Å². The number of hydrogen-bond acceptors (Lipinski definition) is 2. The molecule has 0 radical (unpaired) electrons. The van der Waals surface area contributed by atoms with E-state index in [2.05, 4.69) is 5.32 Å². The highest BCUT2D eigenvalue weighted by Crippen LogP contribution is 2.23. The zero-order chi connectivity index (χ0) is 24.5. The van der Waals surface area contributed by atoms with Crippen LogP contribution < -0.4 is 5.32 Å². The largest absolute Gasteiger partial charge is 0.354 e. The van der Waals surface area contributed by atoms with Gasteiger partial charge in [0.1, 0.15) is 6.04 Å². The fourth-order valence-electron chi connectivity index (χ4n) is 3.74. The number of nitrogens with one attached hydrogen (secondary N) is 1. The minimum absolute atomic E-state index is 0.0776. The van der Waals surface area contributed by atoms with Gasteiger partial charge in [-0.3, -0.25) is 9.59 Å². The maximum atomic E-state index is 13.7. The van der Waals surface area contributed by atoms with Crippen molar-refractivity contribution in [2.75, 3.05) is 6.54 Å². The van der Waals surface area contributed by atoms with Crippen molar-refractivity contribution in [2.45, 2.75) is 45.7 Å². The van der Waals surface area contributed by atoms with Crippen molar-refractivity contribution in [3.8, 4) is 0 Å². The minimum atomic E-state index is -0.658. The molecule has 0 aromatic heterocycles. The second-order valence-corrected chi connectivity index (χ2v) is 9.26. The van der Waals surface area contributed by atoms with Gasteiger partial charge in [-0.1, -0.05) is 96.4 Å². The summed E-state index contributed by atoms with van der Waals surface area (Å²) in [5, 5.41) is 3.94. The van der Waals surface area contributed by atoms with E-state index in [9.17, 15) is 9.59 Å². The lowest BCUT2D eigenvalue weighted by Crippen LogP contribution is -2.51. The Bertz CT molecular complexity index is 1100. The summed E-state index contributed by atoms with van der Waals surface area (Å²) < 4.78 is 0. The third-order valence-corrected chi connectivity index (χ3v) is 6.24. The van der Waals surface area contributed by atoms with Crippen molar-refractivity contribution in [1.82, 2.24) is 10.2 Å². The van der Waals surface area contributed by atoms with Crippen LogP contribution in [0.4, 0.5) is 0 Å². The maximum Gasteiger partial charge on any atom is 0.243 e. The first-order chi connectivity index (χ1) is 16.4. The average Bonchev–Trinajstić information content (AvgIpc) is 2.83. The van der Waals surface area contributed by atoms with Crippen LogP contribution in [-0.4, -0.2) is 29.3 Å². The number of halogens is 2. The lowest BCUT2D eigenvalue weighted by molar-refractivity contribution is -0.140. The Kier molecular flexibility index (Phi) is 9.55. The van der Waals surface area contributed by atoms with Gasteiger partial charge in [-0.05, 0) is 42.2 Å². The smallest absolute Gasteiger partial charge is 0.243 e. The second-order valence-electron chi connectivity index (χ2n) is 8.42. The molecular weight excluding hydrogens is 467 g/mol. The normalized spacial score (nSPS) is 11.6. The Hall–Kier alpha value is -2.82. The molecule has 0 saturated heterocycles. The highest BCUT2D eigenvalue weighted by atomic mass is 35.5. The van der Waals surface area contributed by atoms with E-state index in [-0.39, 0.29) is 18.2 Å². The average molecular weight is 497 g/mol. The van der Waals surface area contributed by atoms with Crippen molar-refractivity contribution in [1.29, 1.82) is 0 Å². The van der Waals surface area contributed by atoms with Gasteiger partial charge in [-0.15, -0.1) is 0 Å². The zero-order valence-corrected chi connectivity index (χ0v) is 21.1. The van der Waals surface area contributed by atoms with Crippen LogP contribution in [0, 0.1) is 6.92 Å². The lowest BCUT2D eigenvalue weighted by Gasteiger charge is -2.32. The van der Waals surface area contributed by atoms with Gasteiger partial charge in [0.05, 0.1) is 6.42 Å². The van der Waals surface area contributed by atoms with Crippen LogP contribution in [0.15, 0.2) is 72.8 Å². The zero-order valence-electron chi connectivity index (χ0n) is 19.6. The summed E-state index contributed by atoms with van der Waals surface area (Å²) in [5.41, 5.74) is 3.77. The molecule has 0 aliphatic rings. The van der Waals surface area contributed by atoms with Gasteiger partial charge < -0.3 is 10.2 Å². The van der Waals surface area contributed by atoms with Crippen molar-refractivity contribution in [3.63, 3.8) is 0 Å². The Morgan fingerprint density at radius 1 is 0.941 bits per heavy atom. The molecule has 0 aliphatic heterocycles. The molecule has 6 heteroatoms. The van der Waals surface area contributed by atoms with Crippen molar-refractivity contribution >= 4 is 35.0 Å². The van der Waals surface area contributed by atoms with E-state index in [1.54, 1.807) is 23.1 Å². The van der Waals surface area contributed by atoms with E-state index >= 15 is 0 Å². The molecule has 3 aromatic carbocycles. The molecule has 0 spiro atoms. The molecule has 0 fully saturated rings. The van der Waals surface area contributed by atoms with Gasteiger partial charge in [-0.25, -0.2) is 0 Å². The fourth-order valence-corrected chi connectivity index (χ4v) is 4.21. The Morgan fingerprint density at radius 2 is 1.65 bits per heavy atom. The van der Waals surface area contributed by atoms with Gasteiger partial charge in [0.2, 0.25) is 11.8 Å². The molecule has 1 unspecified atom stereocenters. The number of hydrogen-bond donors (Lipinski definition) is 1. The third kappa shape index (κ3) is 7.34. The molecule has 1 atom stereocenters. The Labute approximate surface area is 211 Å². The molecule has 0 aliphatic carbocycles. The molecule has 3 aromatic rings. The van der Waals surface area contributed by atoms with Gasteiger partial charge in [0, 0.05) is 29.6 Å². The first-order valence-corrected chi connectivity index (χ1v) is 12.2. The van der Waals surface area contributed by atoms with E-state index in [1.165, 1.54) is 0 Å². The SMILES string of the molecule is CCCNC(=O)C(Cc1ccccc1)N(Cc1ccc(C)cc1)C(=O)Cc1ccc(Cl)cc1Cl. The van der Waals surface area contributed by atoms with Gasteiger partial charge in [-0.2, -0.15) is 0 Å². The van der Waals surface area contributed by atoms with Crippen LogP contribution in [0.1, 0.15) is 35.6 Å². The topological polar surface area (TPSA) is 49.4 Å². The molecular formula is C28H30Cl2N2O2. The van der Waals surface area contributed by atoms with E-state index in [0.717, 1.165) is 23.1 Å². The molecule has 3 rings (SSSR count). The van der Waals surface area contributed by atoms with Crippen LogP contribution >= 0.6 is 23.2 Å². The van der Waals surface area contributed by atoms with Crippen LogP contribution in [0.5, 0.6) is 0 Å². The number of benzene rings is 3. The van der Waals surface area contributed by atoms with E-state index in [0.29, 0.717) is 35.1 Å². The number of carbonyl (C=O) groups is 2. The molecule has 4 nitrogen and oxygen atoms in total. The molecule has 2 amide bonds. The highest BCUT2D eigenvalue weighted by molar-refractivity contribution is 6.35. The van der Waals surface area contributed by atoms with Crippen molar-refractivity contribution in [3.05, 3.63) is 105 Å². The van der Waals surface area contributed by atoms with Gasteiger partial charge >= 0.3 is 0 Å². The molecule has 0 bridgehead atoms. The van der Waals surface area contributed by atoms with Crippen LogP contribution in [-0.2, 0) is 29.0 Å². The summed E-state index contributed by atoms with van der Waals surface area (Å²) in [7, 11) is 0. The molecule has 178 valence electrons. The third-order valence-electron chi connectivity index (χ3n) is 5.65. The molecule has 1 N–H and O–H groups in total. The summed E-state index contributed by atoms with van der Waals surface area (Å²) in [6.07, 6.45) is 1.31. The number of nitrogens with zero attached hydrogens (tertiary/aromatic N) is 1. The molecule has 0 heterocycles. The first kappa shape index (κ1) is 25.8. The quantitative estimate of drug-likeness (QED) is 0.373. The predicted molar refractivity (Wildman–Crippen MR) is 139 cm³/mol. The first-order valence-electron chi connectivity index (χ1n) is 11.5. The maximum absolute atomic E-state index is 13.7. The van der Waals surface area contributed by atoms with Gasteiger partial charge in [0.25, 0.3) is 0 Å². The Balaban J connectivity index is 1.96. The fraction of sp³-hybridized carbons (Fsp3) is 0.286.